The van der Waals surface area contributed by atoms with E-state index in [9.17, 15) is 4.79 Å². The Labute approximate surface area is 108 Å². The molecule has 1 aromatic rings. The number of Topliss-reactive ketones (excluding diaryl/α,β-unsaturated/α-hetero) is 1. The van der Waals surface area contributed by atoms with E-state index < -0.39 is 20.5 Å². The van der Waals surface area contributed by atoms with Gasteiger partial charge in [0.15, 0.2) is 0 Å². The molecule has 1 aromatic heterocycles. The number of ketones is 1. The van der Waals surface area contributed by atoms with E-state index in [1.54, 1.807) is 0 Å². The quantitative estimate of drug-likeness (QED) is 0.438. The zero-order valence-electron chi connectivity index (χ0n) is 11.1. The summed E-state index contributed by atoms with van der Waals surface area (Å²) >= 11 is 0. The zero-order valence-corrected chi connectivity index (χ0v) is 12.1. The third-order valence-electron chi connectivity index (χ3n) is 2.49. The topological polar surface area (TPSA) is 90.4 Å². The van der Waals surface area contributed by atoms with E-state index in [4.69, 9.17) is 15.6 Å². The van der Waals surface area contributed by atoms with Crippen LogP contribution in [0.1, 0.15) is 10.5 Å². The second-order valence-corrected chi connectivity index (χ2v) is 11.0. The molecule has 102 valence electrons. The van der Waals surface area contributed by atoms with Crippen molar-refractivity contribution in [2.45, 2.75) is 32.4 Å². The van der Waals surface area contributed by atoms with Crippen LogP contribution in [0.15, 0.2) is 6.20 Å². The first-order valence-corrected chi connectivity index (χ1v) is 9.59. The molecule has 0 bridgehead atoms. The summed E-state index contributed by atoms with van der Waals surface area (Å²) in [7, 11) is -1.12. The Balaban J connectivity index is 2.55. The summed E-state index contributed by atoms with van der Waals surface area (Å²) in [6.45, 7) is 7.05. The summed E-state index contributed by atoms with van der Waals surface area (Å²) in [4.78, 5) is 11.5. The molecule has 1 rings (SSSR count). The zero-order chi connectivity index (χ0) is 13.8. The van der Waals surface area contributed by atoms with Crippen LogP contribution in [-0.4, -0.2) is 42.0 Å². The van der Waals surface area contributed by atoms with Crippen LogP contribution in [0.5, 0.6) is 0 Å². The normalized spacial score (nSPS) is 11.8. The molecule has 0 saturated heterocycles. The maximum atomic E-state index is 11.5. The molecule has 0 aliphatic carbocycles. The maximum Gasteiger partial charge on any atom is 0.208 e. The molecule has 0 radical (unpaired) electrons. The highest BCUT2D eigenvalue weighted by Crippen LogP contribution is 2.12. The van der Waals surface area contributed by atoms with Gasteiger partial charge in [-0.05, 0) is 6.04 Å². The van der Waals surface area contributed by atoms with Crippen LogP contribution in [0.4, 0.5) is 5.69 Å². The molecule has 0 spiro atoms. The maximum absolute atomic E-state index is 11.5. The van der Waals surface area contributed by atoms with Crippen molar-refractivity contribution in [1.29, 1.82) is 0 Å². The molecule has 0 aliphatic heterocycles. The van der Waals surface area contributed by atoms with Crippen molar-refractivity contribution in [3.8, 4) is 0 Å². The fraction of sp³-hybridized carbons (Fsp3) is 0.636. The number of nitrogens with two attached hydrogens (primary N) is 1. The predicted octanol–water partition coefficient (Wildman–Crippen LogP) is 0.953. The standard InChI is InChI=1S/C11H21N3O3Si/c1-18(2,3)5-4-17-8-14-11(10(16)7-15)9(12)6-13-14/h6,15H,4-5,7-8,12H2,1-3H3. The van der Waals surface area contributed by atoms with Crippen molar-refractivity contribution < 1.29 is 14.6 Å². The minimum atomic E-state index is -1.12. The molecule has 0 unspecified atom stereocenters. The second kappa shape index (κ2) is 6.12. The number of rotatable bonds is 7. The van der Waals surface area contributed by atoms with Gasteiger partial charge in [-0.15, -0.1) is 0 Å². The summed E-state index contributed by atoms with van der Waals surface area (Å²) in [5.74, 6) is -0.446. The molecule has 0 atom stereocenters. The highest BCUT2D eigenvalue weighted by atomic mass is 28.3. The lowest BCUT2D eigenvalue weighted by molar-refractivity contribution is 0.0708. The lowest BCUT2D eigenvalue weighted by Crippen LogP contribution is -2.23. The van der Waals surface area contributed by atoms with Gasteiger partial charge in [0, 0.05) is 14.7 Å². The lowest BCUT2D eigenvalue weighted by Gasteiger charge is -2.15. The first-order chi connectivity index (χ1) is 8.35. The van der Waals surface area contributed by atoms with E-state index >= 15 is 0 Å². The van der Waals surface area contributed by atoms with Gasteiger partial charge in [-0.3, -0.25) is 4.79 Å². The third kappa shape index (κ3) is 4.24. The smallest absolute Gasteiger partial charge is 0.208 e. The van der Waals surface area contributed by atoms with Gasteiger partial charge in [0.1, 0.15) is 19.0 Å². The van der Waals surface area contributed by atoms with Crippen LogP contribution in [0.25, 0.3) is 0 Å². The van der Waals surface area contributed by atoms with Crippen molar-refractivity contribution in [3.05, 3.63) is 11.9 Å². The van der Waals surface area contributed by atoms with Gasteiger partial charge in [0.25, 0.3) is 0 Å². The monoisotopic (exact) mass is 271 g/mol. The SMILES string of the molecule is C[Si](C)(C)CCOCn1ncc(N)c1C(=O)CO. The number of carbonyl (C=O) groups is 1. The van der Waals surface area contributed by atoms with Crippen molar-refractivity contribution >= 4 is 19.5 Å². The van der Waals surface area contributed by atoms with Crippen LogP contribution in [0.3, 0.4) is 0 Å². The summed E-state index contributed by atoms with van der Waals surface area (Å²) in [6, 6.07) is 1.05. The molecule has 18 heavy (non-hydrogen) atoms. The summed E-state index contributed by atoms with van der Waals surface area (Å²) < 4.78 is 6.88. The van der Waals surface area contributed by atoms with E-state index in [1.807, 2.05) is 0 Å². The van der Waals surface area contributed by atoms with Crippen LogP contribution < -0.4 is 5.73 Å². The minimum absolute atomic E-state index is 0.183. The first-order valence-electron chi connectivity index (χ1n) is 5.88. The number of nitrogen functional groups attached to an aromatic ring is 1. The Kier molecular flexibility index (Phi) is 5.06. The number of ether oxygens (including phenoxy) is 1. The number of aliphatic hydroxyl groups is 1. The van der Waals surface area contributed by atoms with Crippen molar-refractivity contribution in [2.24, 2.45) is 0 Å². The van der Waals surface area contributed by atoms with E-state index in [0.717, 1.165) is 6.04 Å². The van der Waals surface area contributed by atoms with Crippen LogP contribution in [0.2, 0.25) is 25.7 Å². The van der Waals surface area contributed by atoms with Gasteiger partial charge in [-0.25, -0.2) is 4.68 Å². The number of anilines is 1. The summed E-state index contributed by atoms with van der Waals surface area (Å²) in [5, 5.41) is 12.8. The number of aliphatic hydroxyl groups excluding tert-OH is 1. The van der Waals surface area contributed by atoms with Gasteiger partial charge in [-0.2, -0.15) is 5.10 Å². The molecule has 1 heterocycles. The molecule has 6 nitrogen and oxygen atoms in total. The molecular formula is C11H21N3O3Si. The Bertz CT molecular complexity index is 412. The van der Waals surface area contributed by atoms with E-state index in [-0.39, 0.29) is 18.1 Å². The molecule has 0 aliphatic rings. The third-order valence-corrected chi connectivity index (χ3v) is 4.19. The van der Waals surface area contributed by atoms with Gasteiger partial charge in [-0.1, -0.05) is 19.6 Å². The van der Waals surface area contributed by atoms with Gasteiger partial charge in [0.2, 0.25) is 5.78 Å². The van der Waals surface area contributed by atoms with Gasteiger partial charge < -0.3 is 15.6 Å². The van der Waals surface area contributed by atoms with E-state index in [2.05, 4.69) is 24.7 Å². The molecule has 0 fully saturated rings. The fourth-order valence-corrected chi connectivity index (χ4v) is 2.16. The van der Waals surface area contributed by atoms with Gasteiger partial charge in [0.05, 0.1) is 11.9 Å². The molecular weight excluding hydrogens is 250 g/mol. The first kappa shape index (κ1) is 14.9. The number of nitrogens with zero attached hydrogens (tertiary/aromatic N) is 2. The average molecular weight is 271 g/mol. The van der Waals surface area contributed by atoms with Crippen LogP contribution >= 0.6 is 0 Å². The Morgan fingerprint density at radius 3 is 2.78 bits per heavy atom. The number of aromatic nitrogens is 2. The highest BCUT2D eigenvalue weighted by molar-refractivity contribution is 6.76. The highest BCUT2D eigenvalue weighted by Gasteiger charge is 2.16. The van der Waals surface area contributed by atoms with Crippen LogP contribution in [0, 0.1) is 0 Å². The van der Waals surface area contributed by atoms with Gasteiger partial charge >= 0.3 is 0 Å². The molecule has 0 amide bonds. The van der Waals surface area contributed by atoms with E-state index in [0.29, 0.717) is 6.61 Å². The Hall–Kier alpha value is -1.18. The molecule has 7 heteroatoms. The minimum Gasteiger partial charge on any atom is -0.396 e. The molecule has 0 aromatic carbocycles. The largest absolute Gasteiger partial charge is 0.396 e. The Morgan fingerprint density at radius 2 is 2.22 bits per heavy atom. The summed E-state index contributed by atoms with van der Waals surface area (Å²) in [6.07, 6.45) is 1.39. The predicted molar refractivity (Wildman–Crippen MR) is 72.2 cm³/mol. The van der Waals surface area contributed by atoms with Crippen LogP contribution in [-0.2, 0) is 11.5 Å². The average Bonchev–Trinajstić information content (AvgIpc) is 2.64. The Morgan fingerprint density at radius 1 is 1.56 bits per heavy atom. The summed E-state index contributed by atoms with van der Waals surface area (Å²) in [5.41, 5.74) is 6.11. The lowest BCUT2D eigenvalue weighted by atomic mass is 10.2. The van der Waals surface area contributed by atoms with Crippen molar-refractivity contribution in [3.63, 3.8) is 0 Å². The van der Waals surface area contributed by atoms with E-state index in [1.165, 1.54) is 10.9 Å². The number of carbonyl (C=O) groups excluding carboxylic acids is 1. The number of hydrogen-bond donors (Lipinski definition) is 2. The molecule has 0 saturated carbocycles. The second-order valence-electron chi connectivity index (χ2n) is 5.38. The fourth-order valence-electron chi connectivity index (χ4n) is 1.41. The number of hydrogen-bond acceptors (Lipinski definition) is 5. The van der Waals surface area contributed by atoms with Crippen molar-refractivity contribution in [1.82, 2.24) is 9.78 Å². The molecule has 3 N–H and O–H groups in total. The van der Waals surface area contributed by atoms with Crippen molar-refractivity contribution in [2.75, 3.05) is 18.9 Å².